The summed E-state index contributed by atoms with van der Waals surface area (Å²) >= 11 is 9.69. The third-order valence-corrected chi connectivity index (χ3v) is 5.62. The fourth-order valence-corrected chi connectivity index (χ4v) is 3.94. The molecular weight excluding hydrogens is 472 g/mol. The van der Waals surface area contributed by atoms with Gasteiger partial charge >= 0.3 is 5.91 Å². The molecule has 1 aliphatic heterocycles. The Balaban J connectivity index is 1.78. The Morgan fingerprint density at radius 1 is 1.13 bits per heavy atom. The Kier molecular flexibility index (Phi) is 5.83. The van der Waals surface area contributed by atoms with Gasteiger partial charge in [0.2, 0.25) is 0 Å². The van der Waals surface area contributed by atoms with E-state index in [1.807, 2.05) is 30.3 Å². The van der Waals surface area contributed by atoms with Crippen molar-refractivity contribution in [1.29, 1.82) is 0 Å². The standard InChI is InChI=1S/C22H18BrClN2O4/c1-28-14-9-13(10-15(11-14)29-2)18-12-19(16-5-3-4-6-17(16)24)26(25-18)22(27)20-7-8-21(23)30-20/h3-11,19H,12H2,1-2H3/t19-/m1/s1. The maximum absolute atomic E-state index is 13.2. The maximum Gasteiger partial charge on any atom is 0.310 e. The normalized spacial score (nSPS) is 15.8. The highest BCUT2D eigenvalue weighted by Gasteiger charge is 2.36. The van der Waals surface area contributed by atoms with Gasteiger partial charge in [0.1, 0.15) is 11.5 Å². The zero-order valence-electron chi connectivity index (χ0n) is 16.3. The van der Waals surface area contributed by atoms with Crippen LogP contribution >= 0.6 is 27.5 Å². The molecule has 0 spiro atoms. The van der Waals surface area contributed by atoms with E-state index in [4.69, 9.17) is 25.5 Å². The molecule has 1 aromatic heterocycles. The lowest BCUT2D eigenvalue weighted by atomic mass is 9.98. The Morgan fingerprint density at radius 3 is 2.43 bits per heavy atom. The second-order valence-electron chi connectivity index (χ2n) is 6.64. The summed E-state index contributed by atoms with van der Waals surface area (Å²) in [5.74, 6) is 1.12. The average Bonchev–Trinajstić information content (AvgIpc) is 3.40. The molecule has 2 aromatic carbocycles. The van der Waals surface area contributed by atoms with E-state index in [0.717, 1.165) is 16.8 Å². The van der Waals surface area contributed by atoms with Crippen LogP contribution in [0, 0.1) is 0 Å². The molecule has 1 amide bonds. The molecular formula is C22H18BrClN2O4. The number of methoxy groups -OCH3 is 2. The van der Waals surface area contributed by atoms with Crippen LogP contribution in [0.15, 0.2) is 68.8 Å². The van der Waals surface area contributed by atoms with Gasteiger partial charge < -0.3 is 13.9 Å². The minimum absolute atomic E-state index is 0.187. The number of carbonyl (C=O) groups excluding carboxylic acids is 1. The average molecular weight is 490 g/mol. The molecule has 4 rings (SSSR count). The summed E-state index contributed by atoms with van der Waals surface area (Å²) in [7, 11) is 3.18. The Labute approximate surface area is 187 Å². The number of hydrazone groups is 1. The molecule has 6 nitrogen and oxygen atoms in total. The number of hydrogen-bond acceptors (Lipinski definition) is 5. The minimum Gasteiger partial charge on any atom is -0.497 e. The van der Waals surface area contributed by atoms with Gasteiger partial charge in [-0.05, 0) is 51.8 Å². The summed E-state index contributed by atoms with van der Waals surface area (Å²) < 4.78 is 16.7. The van der Waals surface area contributed by atoms with Crippen molar-refractivity contribution in [3.63, 3.8) is 0 Å². The Hall–Kier alpha value is -2.77. The fraction of sp³-hybridized carbons (Fsp3) is 0.182. The minimum atomic E-state index is -0.373. The van der Waals surface area contributed by atoms with E-state index < -0.39 is 0 Å². The number of rotatable bonds is 5. The number of hydrogen-bond donors (Lipinski definition) is 0. The van der Waals surface area contributed by atoms with Crippen molar-refractivity contribution in [2.75, 3.05) is 14.2 Å². The van der Waals surface area contributed by atoms with Crippen LogP contribution in [0.1, 0.15) is 34.1 Å². The summed E-state index contributed by atoms with van der Waals surface area (Å²) in [4.78, 5) is 13.2. The van der Waals surface area contributed by atoms with Crippen LogP contribution in [0.4, 0.5) is 0 Å². The molecule has 2 heterocycles. The summed E-state index contributed by atoms with van der Waals surface area (Å²) in [6, 6.07) is 15.9. The lowest BCUT2D eigenvalue weighted by molar-refractivity contribution is 0.0677. The first-order chi connectivity index (χ1) is 14.5. The molecule has 1 aliphatic rings. The van der Waals surface area contributed by atoms with E-state index in [2.05, 4.69) is 21.0 Å². The molecule has 3 aromatic rings. The molecule has 0 saturated heterocycles. The third-order valence-electron chi connectivity index (χ3n) is 4.85. The molecule has 30 heavy (non-hydrogen) atoms. The van der Waals surface area contributed by atoms with E-state index in [0.29, 0.717) is 27.6 Å². The van der Waals surface area contributed by atoms with E-state index in [9.17, 15) is 4.79 Å². The van der Waals surface area contributed by atoms with Crippen molar-refractivity contribution >= 4 is 39.1 Å². The molecule has 0 bridgehead atoms. The summed E-state index contributed by atoms with van der Waals surface area (Å²) in [6.07, 6.45) is 0.480. The highest BCUT2D eigenvalue weighted by Crippen LogP contribution is 2.38. The molecule has 8 heteroatoms. The predicted molar refractivity (Wildman–Crippen MR) is 117 cm³/mol. The van der Waals surface area contributed by atoms with E-state index in [1.165, 1.54) is 5.01 Å². The molecule has 0 N–H and O–H groups in total. The quantitative estimate of drug-likeness (QED) is 0.461. The van der Waals surface area contributed by atoms with E-state index in [1.54, 1.807) is 38.5 Å². The second-order valence-corrected chi connectivity index (χ2v) is 7.83. The number of benzene rings is 2. The maximum atomic E-state index is 13.2. The molecule has 154 valence electrons. The number of amides is 1. The van der Waals surface area contributed by atoms with Gasteiger partial charge in [-0.1, -0.05) is 29.8 Å². The van der Waals surface area contributed by atoms with Crippen molar-refractivity contribution in [2.45, 2.75) is 12.5 Å². The summed E-state index contributed by atoms with van der Waals surface area (Å²) in [5.41, 5.74) is 2.34. The molecule has 0 aliphatic carbocycles. The van der Waals surface area contributed by atoms with Crippen LogP contribution in [0.3, 0.4) is 0 Å². The fourth-order valence-electron chi connectivity index (χ4n) is 3.38. The smallest absolute Gasteiger partial charge is 0.310 e. The van der Waals surface area contributed by atoms with Gasteiger partial charge in [0, 0.05) is 23.1 Å². The van der Waals surface area contributed by atoms with Crippen LogP contribution in [-0.2, 0) is 0 Å². The number of nitrogens with zero attached hydrogens (tertiary/aromatic N) is 2. The Morgan fingerprint density at radius 2 is 1.83 bits per heavy atom. The van der Waals surface area contributed by atoms with Crippen molar-refractivity contribution in [3.8, 4) is 11.5 Å². The summed E-state index contributed by atoms with van der Waals surface area (Å²) in [5, 5.41) is 6.64. The highest BCUT2D eigenvalue weighted by atomic mass is 79.9. The molecule has 0 fully saturated rings. The first-order valence-corrected chi connectivity index (χ1v) is 10.3. The molecule has 0 radical (unpaired) electrons. The monoisotopic (exact) mass is 488 g/mol. The van der Waals surface area contributed by atoms with Crippen LogP contribution in [0.5, 0.6) is 11.5 Å². The zero-order valence-corrected chi connectivity index (χ0v) is 18.6. The van der Waals surface area contributed by atoms with Crippen molar-refractivity contribution < 1.29 is 18.7 Å². The number of furan rings is 1. The predicted octanol–water partition coefficient (Wildman–Crippen LogP) is 5.70. The van der Waals surface area contributed by atoms with Crippen LogP contribution in [0.2, 0.25) is 5.02 Å². The molecule has 0 saturated carbocycles. The largest absolute Gasteiger partial charge is 0.497 e. The van der Waals surface area contributed by atoms with Crippen LogP contribution in [0.25, 0.3) is 0 Å². The van der Waals surface area contributed by atoms with Gasteiger partial charge in [-0.2, -0.15) is 5.10 Å². The summed E-state index contributed by atoms with van der Waals surface area (Å²) in [6.45, 7) is 0. The molecule has 1 atom stereocenters. The number of halogens is 2. The topological polar surface area (TPSA) is 64.3 Å². The second kappa shape index (κ2) is 8.53. The first kappa shape index (κ1) is 20.5. The van der Waals surface area contributed by atoms with Gasteiger partial charge in [-0.3, -0.25) is 4.79 Å². The van der Waals surface area contributed by atoms with E-state index in [-0.39, 0.29) is 17.7 Å². The van der Waals surface area contributed by atoms with E-state index >= 15 is 0 Å². The van der Waals surface area contributed by atoms with Gasteiger partial charge in [0.05, 0.1) is 26.0 Å². The van der Waals surface area contributed by atoms with Gasteiger partial charge in [-0.25, -0.2) is 5.01 Å². The molecule has 0 unspecified atom stereocenters. The zero-order chi connectivity index (χ0) is 21.3. The lowest BCUT2D eigenvalue weighted by Crippen LogP contribution is -2.27. The van der Waals surface area contributed by atoms with Gasteiger partial charge in [-0.15, -0.1) is 0 Å². The third kappa shape index (κ3) is 3.95. The first-order valence-electron chi connectivity index (χ1n) is 9.14. The van der Waals surface area contributed by atoms with Crippen LogP contribution < -0.4 is 9.47 Å². The highest BCUT2D eigenvalue weighted by molar-refractivity contribution is 9.10. The lowest BCUT2D eigenvalue weighted by Gasteiger charge is -2.22. The van der Waals surface area contributed by atoms with Crippen LogP contribution in [-0.4, -0.2) is 30.8 Å². The van der Waals surface area contributed by atoms with Crippen molar-refractivity contribution in [1.82, 2.24) is 5.01 Å². The Bertz CT molecular complexity index is 1110. The SMILES string of the molecule is COc1cc(OC)cc(C2=NN(C(=O)c3ccc(Br)o3)[C@@H](c3ccccc3Cl)C2)c1. The van der Waals surface area contributed by atoms with Gasteiger partial charge in [0.25, 0.3) is 0 Å². The van der Waals surface area contributed by atoms with Crippen molar-refractivity contribution in [3.05, 3.63) is 81.2 Å². The van der Waals surface area contributed by atoms with Gasteiger partial charge in [0.15, 0.2) is 10.4 Å². The van der Waals surface area contributed by atoms with Crippen molar-refractivity contribution in [2.24, 2.45) is 5.10 Å². The number of ether oxygens (including phenoxy) is 2. The number of carbonyl (C=O) groups is 1.